The van der Waals surface area contributed by atoms with E-state index in [1.54, 1.807) is 19.1 Å². The Bertz CT molecular complexity index is 779. The predicted molar refractivity (Wildman–Crippen MR) is 74.0 cm³/mol. The first-order valence-electron chi connectivity index (χ1n) is 5.81. The molecule has 0 fully saturated rings. The highest BCUT2D eigenvalue weighted by atomic mass is 32.2. The van der Waals surface area contributed by atoms with Gasteiger partial charge in [0.15, 0.2) is 9.84 Å². The smallest absolute Gasteiger partial charge is 0.328 e. The largest absolute Gasteiger partial charge is 0.467 e. The number of para-hydroxylation sites is 1. The summed E-state index contributed by atoms with van der Waals surface area (Å²) < 4.78 is 29.6. The van der Waals surface area contributed by atoms with Gasteiger partial charge < -0.3 is 10.5 Å². The van der Waals surface area contributed by atoms with Gasteiger partial charge in [-0.3, -0.25) is 4.57 Å². The van der Waals surface area contributed by atoms with Crippen LogP contribution in [-0.2, 0) is 19.4 Å². The second-order valence-electron chi connectivity index (χ2n) is 4.44. The lowest BCUT2D eigenvalue weighted by molar-refractivity contribution is -0.143. The molecule has 1 aromatic heterocycles. The Hall–Kier alpha value is -2.09. The number of nitrogen functional groups attached to an aromatic ring is 1. The molecule has 108 valence electrons. The third-order valence-corrected chi connectivity index (χ3v) is 4.17. The average Bonchev–Trinajstić information content (AvgIpc) is 2.71. The first-order chi connectivity index (χ1) is 9.27. The fraction of sp³-hybridized carbons (Fsp3) is 0.333. The molecule has 0 saturated carbocycles. The first-order valence-corrected chi connectivity index (χ1v) is 7.70. The number of nitrogens with zero attached hydrogens (tertiary/aromatic N) is 2. The topological polar surface area (TPSA) is 104 Å². The SMILES string of the molecule is COC(=O)C(C)n1c(N)nc2c(S(C)(=O)=O)cccc21. The third-order valence-electron chi connectivity index (χ3n) is 3.04. The number of carbonyl (C=O) groups is 1. The highest BCUT2D eigenvalue weighted by Gasteiger charge is 2.23. The van der Waals surface area contributed by atoms with E-state index in [2.05, 4.69) is 9.72 Å². The van der Waals surface area contributed by atoms with Crippen LogP contribution in [0.15, 0.2) is 23.1 Å². The molecule has 0 bridgehead atoms. The minimum absolute atomic E-state index is 0.0639. The molecule has 2 N–H and O–H groups in total. The number of hydrogen-bond donors (Lipinski definition) is 1. The van der Waals surface area contributed by atoms with Crippen LogP contribution < -0.4 is 5.73 Å². The molecule has 20 heavy (non-hydrogen) atoms. The quantitative estimate of drug-likeness (QED) is 0.838. The van der Waals surface area contributed by atoms with Gasteiger partial charge in [-0.1, -0.05) is 6.07 Å². The van der Waals surface area contributed by atoms with Crippen LogP contribution in [0, 0.1) is 0 Å². The van der Waals surface area contributed by atoms with Crippen molar-refractivity contribution in [1.29, 1.82) is 0 Å². The van der Waals surface area contributed by atoms with Crippen LogP contribution in [0.4, 0.5) is 5.95 Å². The van der Waals surface area contributed by atoms with Crippen LogP contribution in [0.1, 0.15) is 13.0 Å². The Kier molecular flexibility index (Phi) is 3.43. The summed E-state index contributed by atoms with van der Waals surface area (Å²) in [6.07, 6.45) is 1.10. The summed E-state index contributed by atoms with van der Waals surface area (Å²) in [5, 5.41) is 0. The fourth-order valence-corrected chi connectivity index (χ4v) is 2.92. The molecule has 1 atom stereocenters. The van der Waals surface area contributed by atoms with E-state index in [1.165, 1.54) is 17.7 Å². The lowest BCUT2D eigenvalue weighted by Gasteiger charge is -2.13. The van der Waals surface area contributed by atoms with Gasteiger partial charge in [0.05, 0.1) is 17.5 Å². The van der Waals surface area contributed by atoms with Crippen molar-refractivity contribution < 1.29 is 17.9 Å². The molecule has 0 aliphatic rings. The molecule has 1 aromatic carbocycles. The highest BCUT2D eigenvalue weighted by Crippen LogP contribution is 2.28. The zero-order valence-corrected chi connectivity index (χ0v) is 12.1. The predicted octanol–water partition coefficient (Wildman–Crippen LogP) is 0.756. The molecule has 0 aliphatic carbocycles. The number of esters is 1. The average molecular weight is 297 g/mol. The van der Waals surface area contributed by atoms with Gasteiger partial charge in [-0.25, -0.2) is 18.2 Å². The Morgan fingerprint density at radius 3 is 2.65 bits per heavy atom. The van der Waals surface area contributed by atoms with Crippen molar-refractivity contribution in [3.63, 3.8) is 0 Å². The van der Waals surface area contributed by atoms with Gasteiger partial charge in [0, 0.05) is 6.26 Å². The summed E-state index contributed by atoms with van der Waals surface area (Å²) in [7, 11) is -2.16. The van der Waals surface area contributed by atoms with Gasteiger partial charge in [0.25, 0.3) is 0 Å². The van der Waals surface area contributed by atoms with E-state index < -0.39 is 21.8 Å². The number of ether oxygens (including phenoxy) is 1. The van der Waals surface area contributed by atoms with Crippen LogP contribution >= 0.6 is 0 Å². The van der Waals surface area contributed by atoms with Crippen LogP contribution in [0.2, 0.25) is 0 Å². The standard InChI is InChI=1S/C12H15N3O4S/c1-7(11(16)19-2)15-8-5-4-6-9(20(3,17)18)10(8)14-12(15)13/h4-7H,1-3H3,(H2,13,14). The number of benzene rings is 1. The van der Waals surface area contributed by atoms with Gasteiger partial charge >= 0.3 is 5.97 Å². The number of nitrogens with two attached hydrogens (primary N) is 1. The van der Waals surface area contributed by atoms with Crippen molar-refractivity contribution in [3.8, 4) is 0 Å². The molecule has 7 nitrogen and oxygen atoms in total. The van der Waals surface area contributed by atoms with E-state index in [-0.39, 0.29) is 16.4 Å². The zero-order chi connectivity index (χ0) is 15.1. The van der Waals surface area contributed by atoms with E-state index in [1.807, 2.05) is 0 Å². The second kappa shape index (κ2) is 4.78. The van der Waals surface area contributed by atoms with E-state index >= 15 is 0 Å². The monoisotopic (exact) mass is 297 g/mol. The molecular formula is C12H15N3O4S. The van der Waals surface area contributed by atoms with Gasteiger partial charge in [-0.15, -0.1) is 0 Å². The van der Waals surface area contributed by atoms with Crippen molar-refractivity contribution in [2.24, 2.45) is 0 Å². The first kappa shape index (κ1) is 14.3. The van der Waals surface area contributed by atoms with Crippen molar-refractivity contribution in [3.05, 3.63) is 18.2 Å². The van der Waals surface area contributed by atoms with Crippen molar-refractivity contribution in [2.45, 2.75) is 17.9 Å². The lowest BCUT2D eigenvalue weighted by Crippen LogP contribution is -2.19. The summed E-state index contributed by atoms with van der Waals surface area (Å²) in [4.78, 5) is 15.8. The molecule has 0 amide bonds. The number of anilines is 1. The summed E-state index contributed by atoms with van der Waals surface area (Å²) in [6, 6.07) is 4.00. The molecule has 0 aliphatic heterocycles. The van der Waals surface area contributed by atoms with Crippen LogP contribution in [-0.4, -0.2) is 37.3 Å². The number of carbonyl (C=O) groups excluding carboxylic acids is 1. The number of aromatic nitrogens is 2. The van der Waals surface area contributed by atoms with Gasteiger partial charge in [-0.2, -0.15) is 0 Å². The molecule has 1 heterocycles. The number of sulfone groups is 1. The number of rotatable bonds is 3. The van der Waals surface area contributed by atoms with E-state index in [0.717, 1.165) is 6.26 Å². The second-order valence-corrected chi connectivity index (χ2v) is 6.42. The number of hydrogen-bond acceptors (Lipinski definition) is 6. The molecule has 0 radical (unpaired) electrons. The van der Waals surface area contributed by atoms with Crippen molar-refractivity contribution >= 4 is 32.8 Å². The van der Waals surface area contributed by atoms with Crippen molar-refractivity contribution in [1.82, 2.24) is 9.55 Å². The van der Waals surface area contributed by atoms with E-state index in [0.29, 0.717) is 5.52 Å². The maximum absolute atomic E-state index is 11.7. The molecule has 2 rings (SSSR count). The molecule has 0 spiro atoms. The molecule has 0 saturated heterocycles. The van der Waals surface area contributed by atoms with E-state index in [9.17, 15) is 13.2 Å². The maximum atomic E-state index is 11.7. The van der Waals surface area contributed by atoms with Gasteiger partial charge in [-0.05, 0) is 19.1 Å². The molecule has 2 aromatic rings. The minimum atomic E-state index is -3.43. The Morgan fingerprint density at radius 2 is 2.10 bits per heavy atom. The Morgan fingerprint density at radius 1 is 1.45 bits per heavy atom. The number of imidazole rings is 1. The number of methoxy groups -OCH3 is 1. The summed E-state index contributed by atoms with van der Waals surface area (Å²) in [5.41, 5.74) is 6.54. The summed E-state index contributed by atoms with van der Waals surface area (Å²) in [6.45, 7) is 1.61. The van der Waals surface area contributed by atoms with Gasteiger partial charge in [0.1, 0.15) is 11.6 Å². The van der Waals surface area contributed by atoms with Gasteiger partial charge in [0.2, 0.25) is 5.95 Å². The van der Waals surface area contributed by atoms with Crippen LogP contribution in [0.25, 0.3) is 11.0 Å². The fourth-order valence-electron chi connectivity index (χ4n) is 2.09. The molecule has 8 heteroatoms. The van der Waals surface area contributed by atoms with Crippen LogP contribution in [0.3, 0.4) is 0 Å². The normalized spacial score (nSPS) is 13.3. The Labute approximate surface area is 116 Å². The minimum Gasteiger partial charge on any atom is -0.467 e. The summed E-state index contributed by atoms with van der Waals surface area (Å²) in [5.74, 6) is -0.422. The lowest BCUT2D eigenvalue weighted by atomic mass is 10.3. The third kappa shape index (κ3) is 2.22. The summed E-state index contributed by atoms with van der Waals surface area (Å²) >= 11 is 0. The zero-order valence-electron chi connectivity index (χ0n) is 11.3. The van der Waals surface area contributed by atoms with Crippen molar-refractivity contribution in [2.75, 3.05) is 19.1 Å². The highest BCUT2D eigenvalue weighted by molar-refractivity contribution is 7.91. The number of fused-ring (bicyclic) bond motifs is 1. The van der Waals surface area contributed by atoms with E-state index in [4.69, 9.17) is 5.73 Å². The molecule has 1 unspecified atom stereocenters. The molecular weight excluding hydrogens is 282 g/mol. The maximum Gasteiger partial charge on any atom is 0.328 e. The van der Waals surface area contributed by atoms with Crippen LogP contribution in [0.5, 0.6) is 0 Å². The Balaban J connectivity index is 2.77.